The number of piperazine rings is 1. The number of amides is 2. The number of rotatable bonds is 6. The van der Waals surface area contributed by atoms with Crippen molar-refractivity contribution < 1.29 is 9.59 Å². The Labute approximate surface area is 184 Å². The molecule has 2 bridgehead atoms. The van der Waals surface area contributed by atoms with Gasteiger partial charge in [-0.2, -0.15) is 5.26 Å². The summed E-state index contributed by atoms with van der Waals surface area (Å²) in [6, 6.07) is 10.1. The van der Waals surface area contributed by atoms with E-state index in [0.29, 0.717) is 30.7 Å². The molecule has 3 fully saturated rings. The molecule has 4 atom stereocenters. The molecule has 1 aromatic carbocycles. The van der Waals surface area contributed by atoms with Crippen LogP contribution in [0.25, 0.3) is 0 Å². The van der Waals surface area contributed by atoms with Gasteiger partial charge in [-0.25, -0.2) is 0 Å². The molecule has 3 heterocycles. The molecule has 2 N–H and O–H groups in total. The molecule has 8 nitrogen and oxygen atoms in total. The van der Waals surface area contributed by atoms with Crippen molar-refractivity contribution in [2.24, 2.45) is 5.73 Å². The molecule has 0 radical (unpaired) electrons. The van der Waals surface area contributed by atoms with Gasteiger partial charge in [0.25, 0.3) is 5.91 Å². The van der Waals surface area contributed by atoms with Gasteiger partial charge >= 0.3 is 0 Å². The second-order valence-corrected chi connectivity index (χ2v) is 9.25. The molecule has 1 aromatic rings. The van der Waals surface area contributed by atoms with Crippen molar-refractivity contribution in [1.82, 2.24) is 19.6 Å². The Morgan fingerprint density at radius 3 is 2.48 bits per heavy atom. The first-order chi connectivity index (χ1) is 14.9. The SMILES string of the molecule is CN(C)C(=O)c1ccc(CN2CC3C[C@H]2CN3CC(N)C(=O)N2CCCC2C#N)cc1. The highest BCUT2D eigenvalue weighted by molar-refractivity contribution is 5.93. The van der Waals surface area contributed by atoms with Crippen LogP contribution in [0.2, 0.25) is 0 Å². The van der Waals surface area contributed by atoms with E-state index in [-0.39, 0.29) is 17.9 Å². The molecule has 3 aliphatic rings. The molecule has 8 heteroatoms. The van der Waals surface area contributed by atoms with Gasteiger partial charge in [-0.05, 0) is 37.0 Å². The lowest BCUT2D eigenvalue weighted by Gasteiger charge is -2.36. The van der Waals surface area contributed by atoms with E-state index in [1.807, 2.05) is 24.3 Å². The molecule has 3 unspecified atom stereocenters. The molecule has 4 rings (SSSR count). The maximum absolute atomic E-state index is 12.7. The predicted molar refractivity (Wildman–Crippen MR) is 117 cm³/mol. The van der Waals surface area contributed by atoms with Crippen LogP contribution in [0.3, 0.4) is 0 Å². The molecule has 0 spiro atoms. The number of carbonyl (C=O) groups excluding carboxylic acids is 2. The van der Waals surface area contributed by atoms with E-state index < -0.39 is 6.04 Å². The molecular formula is C23H32N6O2. The highest BCUT2D eigenvalue weighted by Gasteiger charge is 2.44. The van der Waals surface area contributed by atoms with Crippen LogP contribution in [0.1, 0.15) is 35.2 Å². The lowest BCUT2D eigenvalue weighted by molar-refractivity contribution is -0.133. The van der Waals surface area contributed by atoms with Crippen LogP contribution < -0.4 is 5.73 Å². The Hall–Kier alpha value is -2.47. The number of hydrogen-bond acceptors (Lipinski definition) is 6. The van der Waals surface area contributed by atoms with Crippen molar-refractivity contribution in [2.45, 2.75) is 50.0 Å². The van der Waals surface area contributed by atoms with Gasteiger partial charge in [0, 0.05) is 64.5 Å². The Morgan fingerprint density at radius 2 is 1.87 bits per heavy atom. The third kappa shape index (κ3) is 4.45. The van der Waals surface area contributed by atoms with Crippen LogP contribution in [0, 0.1) is 11.3 Å². The summed E-state index contributed by atoms with van der Waals surface area (Å²) in [5, 5.41) is 9.23. The first kappa shape index (κ1) is 21.8. The number of nitrogens with zero attached hydrogens (tertiary/aromatic N) is 5. The van der Waals surface area contributed by atoms with Crippen molar-refractivity contribution in [1.29, 1.82) is 5.26 Å². The lowest BCUT2D eigenvalue weighted by atomic mass is 10.1. The van der Waals surface area contributed by atoms with Crippen LogP contribution in [0.15, 0.2) is 24.3 Å². The zero-order chi connectivity index (χ0) is 22.1. The molecule has 3 saturated heterocycles. The van der Waals surface area contributed by atoms with E-state index in [4.69, 9.17) is 5.73 Å². The summed E-state index contributed by atoms with van der Waals surface area (Å²) in [6.07, 6.45) is 2.73. The fraction of sp³-hybridized carbons (Fsp3) is 0.609. The third-order valence-corrected chi connectivity index (χ3v) is 6.89. The predicted octanol–water partition coefficient (Wildman–Crippen LogP) is 0.489. The third-order valence-electron chi connectivity index (χ3n) is 6.89. The minimum atomic E-state index is -0.566. The summed E-state index contributed by atoms with van der Waals surface area (Å²) in [5.41, 5.74) is 8.17. The second-order valence-electron chi connectivity index (χ2n) is 9.25. The number of nitrogens with two attached hydrogens (primary N) is 1. The molecule has 0 aromatic heterocycles. The van der Waals surface area contributed by atoms with Gasteiger partial charge in [0.15, 0.2) is 0 Å². The summed E-state index contributed by atoms with van der Waals surface area (Å²) in [4.78, 5) is 32.9. The zero-order valence-corrected chi connectivity index (χ0v) is 18.4. The van der Waals surface area contributed by atoms with Gasteiger partial charge in [0.1, 0.15) is 6.04 Å². The Bertz CT molecular complexity index is 864. The first-order valence-corrected chi connectivity index (χ1v) is 11.1. The summed E-state index contributed by atoms with van der Waals surface area (Å²) < 4.78 is 0. The Morgan fingerprint density at radius 1 is 1.19 bits per heavy atom. The minimum absolute atomic E-state index is 0.0170. The van der Waals surface area contributed by atoms with E-state index >= 15 is 0 Å². The van der Waals surface area contributed by atoms with E-state index in [9.17, 15) is 14.9 Å². The van der Waals surface area contributed by atoms with Gasteiger partial charge in [-0.1, -0.05) is 12.1 Å². The minimum Gasteiger partial charge on any atom is -0.345 e. The smallest absolute Gasteiger partial charge is 0.253 e. The number of nitriles is 1. The molecule has 0 saturated carbocycles. The van der Waals surface area contributed by atoms with Crippen molar-refractivity contribution in [3.63, 3.8) is 0 Å². The molecule has 0 aliphatic carbocycles. The van der Waals surface area contributed by atoms with E-state index in [1.165, 1.54) is 5.56 Å². The number of benzene rings is 1. The van der Waals surface area contributed by atoms with Gasteiger partial charge in [0.05, 0.1) is 12.1 Å². The summed E-state index contributed by atoms with van der Waals surface area (Å²) in [7, 11) is 3.52. The van der Waals surface area contributed by atoms with Gasteiger partial charge in [0.2, 0.25) is 5.91 Å². The number of hydrogen-bond donors (Lipinski definition) is 1. The Balaban J connectivity index is 1.28. The van der Waals surface area contributed by atoms with Crippen LogP contribution in [-0.4, -0.2) is 95.9 Å². The van der Waals surface area contributed by atoms with E-state index in [2.05, 4.69) is 15.9 Å². The molecule has 166 valence electrons. The van der Waals surface area contributed by atoms with Crippen LogP contribution in [-0.2, 0) is 11.3 Å². The van der Waals surface area contributed by atoms with Gasteiger partial charge in [-0.3, -0.25) is 19.4 Å². The summed E-state index contributed by atoms with van der Waals surface area (Å²) in [6.45, 7) is 3.96. The first-order valence-electron chi connectivity index (χ1n) is 11.1. The monoisotopic (exact) mass is 424 g/mol. The van der Waals surface area contributed by atoms with Gasteiger partial charge < -0.3 is 15.5 Å². The quantitative estimate of drug-likeness (QED) is 0.714. The highest BCUT2D eigenvalue weighted by atomic mass is 16.2. The largest absolute Gasteiger partial charge is 0.345 e. The topological polar surface area (TPSA) is 96.9 Å². The van der Waals surface area contributed by atoms with Crippen molar-refractivity contribution in [3.05, 3.63) is 35.4 Å². The molecule has 31 heavy (non-hydrogen) atoms. The van der Waals surface area contributed by atoms with Gasteiger partial charge in [-0.15, -0.1) is 0 Å². The van der Waals surface area contributed by atoms with Crippen molar-refractivity contribution >= 4 is 11.8 Å². The highest BCUT2D eigenvalue weighted by Crippen LogP contribution is 2.32. The van der Waals surface area contributed by atoms with Crippen molar-refractivity contribution in [3.8, 4) is 6.07 Å². The van der Waals surface area contributed by atoms with E-state index in [1.54, 1.807) is 23.9 Å². The molecule has 3 aliphatic heterocycles. The van der Waals surface area contributed by atoms with E-state index in [0.717, 1.165) is 38.9 Å². The summed E-state index contributed by atoms with van der Waals surface area (Å²) in [5.74, 6) is -0.0700. The zero-order valence-electron chi connectivity index (χ0n) is 18.4. The average Bonchev–Trinajstić information content (AvgIpc) is 3.48. The fourth-order valence-corrected chi connectivity index (χ4v) is 5.20. The Kier molecular flexibility index (Phi) is 6.28. The molecule has 2 amide bonds. The van der Waals surface area contributed by atoms with Crippen molar-refractivity contribution in [2.75, 3.05) is 40.3 Å². The number of carbonyl (C=O) groups is 2. The number of fused-ring (bicyclic) bond motifs is 2. The maximum atomic E-state index is 12.7. The normalized spacial score (nSPS) is 26.8. The lowest BCUT2D eigenvalue weighted by Crippen LogP contribution is -2.54. The molecular weight excluding hydrogens is 392 g/mol. The average molecular weight is 425 g/mol. The maximum Gasteiger partial charge on any atom is 0.253 e. The second kappa shape index (κ2) is 8.95. The summed E-state index contributed by atoms with van der Waals surface area (Å²) >= 11 is 0. The van der Waals surface area contributed by atoms with Crippen LogP contribution in [0.4, 0.5) is 0 Å². The van der Waals surface area contributed by atoms with Crippen LogP contribution >= 0.6 is 0 Å². The number of likely N-dealkylation sites (tertiary alicyclic amines) is 3. The van der Waals surface area contributed by atoms with Crippen LogP contribution in [0.5, 0.6) is 0 Å². The standard InChI is InChI=1S/C23H32N6O2/c1-26(2)22(30)17-7-5-16(6-8-17)12-27-13-20-10-19(27)14-28(20)15-21(25)23(31)29-9-3-4-18(29)11-24/h5-8,18-21H,3-4,9-10,12-15,25H2,1-2H3/t18?,19-,20?,21?/m0/s1. The fourth-order valence-electron chi connectivity index (χ4n) is 5.20.